The van der Waals surface area contributed by atoms with Crippen molar-refractivity contribution in [2.45, 2.75) is 12.1 Å². The van der Waals surface area contributed by atoms with Gasteiger partial charge >= 0.3 is 0 Å². The van der Waals surface area contributed by atoms with E-state index in [2.05, 4.69) is 42.0 Å². The lowest BCUT2D eigenvalue weighted by Crippen LogP contribution is -2.17. The van der Waals surface area contributed by atoms with E-state index >= 15 is 0 Å². The molecule has 11 heteroatoms. The molecule has 0 aliphatic heterocycles. The molecular formula is C18H17BrFN7OS. The molecule has 0 saturated heterocycles. The number of carbonyl (C=O) groups is 1. The van der Waals surface area contributed by atoms with Crippen LogP contribution in [0.15, 0.2) is 63.3 Å². The minimum absolute atomic E-state index is 0.0348. The van der Waals surface area contributed by atoms with Crippen molar-refractivity contribution in [1.29, 1.82) is 0 Å². The van der Waals surface area contributed by atoms with Crippen molar-refractivity contribution in [3.8, 4) is 0 Å². The van der Waals surface area contributed by atoms with E-state index in [-0.39, 0.29) is 17.6 Å². The number of hydrazone groups is 1. The first-order valence-electron chi connectivity index (χ1n) is 8.37. The van der Waals surface area contributed by atoms with E-state index < -0.39 is 5.82 Å². The molecule has 8 nitrogen and oxygen atoms in total. The zero-order valence-electron chi connectivity index (χ0n) is 15.3. The number of nitrogen functional groups attached to an aromatic ring is 1. The van der Waals surface area contributed by atoms with Crippen LogP contribution in [-0.2, 0) is 4.79 Å². The maximum absolute atomic E-state index is 13.2. The summed E-state index contributed by atoms with van der Waals surface area (Å²) in [5, 5.41) is 15.1. The molecule has 3 rings (SSSR count). The monoisotopic (exact) mass is 477 g/mol. The van der Waals surface area contributed by atoms with Gasteiger partial charge in [-0.3, -0.25) is 4.79 Å². The average molecular weight is 478 g/mol. The summed E-state index contributed by atoms with van der Waals surface area (Å²) < 4.78 is 15.4. The summed E-state index contributed by atoms with van der Waals surface area (Å²) in [6.07, 6.45) is 0. The zero-order chi connectivity index (χ0) is 20.8. The van der Waals surface area contributed by atoms with Crippen LogP contribution in [0.3, 0.4) is 0 Å². The lowest BCUT2D eigenvalue weighted by atomic mass is 10.1. The highest BCUT2D eigenvalue weighted by atomic mass is 79.9. The summed E-state index contributed by atoms with van der Waals surface area (Å²) in [5.74, 6) is 5.48. The molecule has 3 aromatic rings. The van der Waals surface area contributed by atoms with Crippen molar-refractivity contribution in [2.24, 2.45) is 5.10 Å². The second-order valence-electron chi connectivity index (χ2n) is 5.84. The van der Waals surface area contributed by atoms with E-state index in [0.717, 1.165) is 27.5 Å². The van der Waals surface area contributed by atoms with Gasteiger partial charge in [0.1, 0.15) is 5.82 Å². The molecule has 2 aromatic carbocycles. The molecule has 0 aliphatic rings. The van der Waals surface area contributed by atoms with Gasteiger partial charge in [0.25, 0.3) is 5.95 Å². The second-order valence-corrected chi connectivity index (χ2v) is 7.70. The van der Waals surface area contributed by atoms with Crippen molar-refractivity contribution < 1.29 is 9.18 Å². The number of benzene rings is 2. The van der Waals surface area contributed by atoms with Crippen LogP contribution >= 0.6 is 27.7 Å². The highest BCUT2D eigenvalue weighted by molar-refractivity contribution is 9.10. The molecule has 150 valence electrons. The number of nitrogens with two attached hydrogens (primary N) is 1. The summed E-state index contributed by atoms with van der Waals surface area (Å²) in [4.78, 5) is 12.0. The van der Waals surface area contributed by atoms with Crippen molar-refractivity contribution in [3.63, 3.8) is 0 Å². The summed E-state index contributed by atoms with van der Waals surface area (Å²) >= 11 is 4.48. The number of nitrogens with one attached hydrogen (secondary N) is 2. The Balaban J connectivity index is 1.57. The first-order chi connectivity index (χ1) is 13.9. The Morgan fingerprint density at radius 1 is 1.28 bits per heavy atom. The Morgan fingerprint density at radius 2 is 2.03 bits per heavy atom. The van der Waals surface area contributed by atoms with Crippen LogP contribution in [0.5, 0.6) is 0 Å². The van der Waals surface area contributed by atoms with Crippen molar-refractivity contribution >= 4 is 50.9 Å². The van der Waals surface area contributed by atoms with E-state index in [1.165, 1.54) is 22.9 Å². The zero-order valence-corrected chi connectivity index (χ0v) is 17.7. The van der Waals surface area contributed by atoms with Crippen LogP contribution in [0, 0.1) is 5.82 Å². The van der Waals surface area contributed by atoms with Crippen LogP contribution in [0.1, 0.15) is 12.5 Å². The number of hydrogen-bond donors (Lipinski definition) is 3. The molecule has 1 aromatic heterocycles. The van der Waals surface area contributed by atoms with E-state index in [9.17, 15) is 9.18 Å². The van der Waals surface area contributed by atoms with Gasteiger partial charge in [-0.1, -0.05) is 45.9 Å². The highest BCUT2D eigenvalue weighted by Gasteiger charge is 2.12. The number of amides is 1. The minimum Gasteiger partial charge on any atom is -0.334 e. The van der Waals surface area contributed by atoms with Gasteiger partial charge in [0, 0.05) is 10.2 Å². The van der Waals surface area contributed by atoms with E-state index in [4.69, 9.17) is 5.84 Å². The molecule has 1 amide bonds. The van der Waals surface area contributed by atoms with Crippen LogP contribution in [0.2, 0.25) is 0 Å². The quantitative estimate of drug-likeness (QED) is 0.208. The van der Waals surface area contributed by atoms with Gasteiger partial charge in [-0.2, -0.15) is 5.10 Å². The fourth-order valence-corrected chi connectivity index (χ4v) is 3.16. The molecule has 0 atom stereocenters. The van der Waals surface area contributed by atoms with Gasteiger partial charge < -0.3 is 11.2 Å². The van der Waals surface area contributed by atoms with Crippen molar-refractivity contribution in [3.05, 3.63) is 64.4 Å². The Bertz CT molecular complexity index is 1040. The second kappa shape index (κ2) is 9.52. The molecule has 0 radical (unpaired) electrons. The molecular weight excluding hydrogens is 461 g/mol. The Labute approximate surface area is 178 Å². The largest absolute Gasteiger partial charge is 0.334 e. The average Bonchev–Trinajstić information content (AvgIpc) is 3.04. The van der Waals surface area contributed by atoms with E-state index in [1.54, 1.807) is 6.07 Å². The Morgan fingerprint density at radius 3 is 2.76 bits per heavy atom. The number of thioether (sulfide) groups is 1. The molecule has 0 bridgehead atoms. The highest BCUT2D eigenvalue weighted by Crippen LogP contribution is 2.18. The first-order valence-corrected chi connectivity index (χ1v) is 10.1. The van der Waals surface area contributed by atoms with Gasteiger partial charge in [0.2, 0.25) is 11.1 Å². The van der Waals surface area contributed by atoms with Gasteiger partial charge in [-0.15, -0.1) is 10.2 Å². The van der Waals surface area contributed by atoms with Gasteiger partial charge in [0.15, 0.2) is 0 Å². The van der Waals surface area contributed by atoms with Gasteiger partial charge in [-0.05, 0) is 42.8 Å². The summed E-state index contributed by atoms with van der Waals surface area (Å²) in [7, 11) is 0. The molecule has 0 fully saturated rings. The molecule has 29 heavy (non-hydrogen) atoms. The number of aromatic nitrogens is 3. The number of anilines is 2. The maximum Gasteiger partial charge on any atom is 0.264 e. The Kier molecular flexibility index (Phi) is 6.83. The topological polar surface area (TPSA) is 110 Å². The standard InChI is InChI=1S/C18H17BrFN7OS/c1-11(12-5-7-13(19)8-6-12)23-24-17-25-26-18(27(17)21)29-10-16(28)22-15-4-2-3-14(20)9-15/h2-9H,10,21H2,1H3,(H,22,28)(H,24,25)/b23-11+. The normalized spacial score (nSPS) is 11.3. The number of hydrogen-bond acceptors (Lipinski definition) is 7. The van der Waals surface area contributed by atoms with Crippen molar-refractivity contribution in [2.75, 3.05) is 22.3 Å². The maximum atomic E-state index is 13.2. The fraction of sp³-hybridized carbons (Fsp3) is 0.111. The summed E-state index contributed by atoms with van der Waals surface area (Å²) in [6.45, 7) is 1.85. The van der Waals surface area contributed by atoms with Crippen LogP contribution in [0.25, 0.3) is 0 Å². The molecule has 0 unspecified atom stereocenters. The summed E-state index contributed by atoms with van der Waals surface area (Å²) in [5.41, 5.74) is 4.82. The predicted molar refractivity (Wildman–Crippen MR) is 116 cm³/mol. The summed E-state index contributed by atoms with van der Waals surface area (Å²) in [6, 6.07) is 13.4. The molecule has 0 spiro atoms. The molecule has 1 heterocycles. The van der Waals surface area contributed by atoms with E-state index in [0.29, 0.717) is 10.8 Å². The van der Waals surface area contributed by atoms with Gasteiger partial charge in [0.05, 0.1) is 11.5 Å². The molecule has 0 aliphatic carbocycles. The third-order valence-corrected chi connectivity index (χ3v) is 5.16. The van der Waals surface area contributed by atoms with E-state index in [1.807, 2.05) is 31.2 Å². The number of halogens is 2. The number of nitrogens with zero attached hydrogens (tertiary/aromatic N) is 4. The third kappa shape index (κ3) is 5.78. The SMILES string of the molecule is C/C(=N\Nc1nnc(SCC(=O)Nc2cccc(F)c2)n1N)c1ccc(Br)cc1. The number of carbonyl (C=O) groups excluding carboxylic acids is 1. The first kappa shape index (κ1) is 20.8. The minimum atomic E-state index is -0.424. The van der Waals surface area contributed by atoms with Gasteiger partial charge in [-0.25, -0.2) is 14.5 Å². The van der Waals surface area contributed by atoms with Crippen LogP contribution < -0.4 is 16.6 Å². The van der Waals surface area contributed by atoms with Crippen LogP contribution in [0.4, 0.5) is 16.0 Å². The number of rotatable bonds is 7. The lowest BCUT2D eigenvalue weighted by molar-refractivity contribution is -0.113. The molecule has 4 N–H and O–H groups in total. The predicted octanol–water partition coefficient (Wildman–Crippen LogP) is 3.46. The van der Waals surface area contributed by atoms with Crippen LogP contribution in [-0.4, -0.2) is 32.2 Å². The smallest absolute Gasteiger partial charge is 0.264 e. The Hall–Kier alpha value is -2.92. The third-order valence-electron chi connectivity index (χ3n) is 3.69. The lowest BCUT2D eigenvalue weighted by Gasteiger charge is -2.06. The molecule has 0 saturated carbocycles. The van der Waals surface area contributed by atoms with Crippen molar-refractivity contribution in [1.82, 2.24) is 14.9 Å². The fourth-order valence-electron chi connectivity index (χ4n) is 2.23.